The van der Waals surface area contributed by atoms with Crippen LogP contribution in [-0.4, -0.2) is 0 Å². The van der Waals surface area contributed by atoms with Gasteiger partial charge in [-0.1, -0.05) is 38.0 Å². The number of hydrogen-bond donors (Lipinski definition) is 0. The molecule has 120 valence electrons. The molecule has 0 amide bonds. The second-order valence-corrected chi connectivity index (χ2v) is 8.22. The molecule has 2 saturated carbocycles. The van der Waals surface area contributed by atoms with Crippen molar-refractivity contribution in [3.05, 3.63) is 41.0 Å². The number of hydrogen-bond acceptors (Lipinski definition) is 0. The van der Waals surface area contributed by atoms with E-state index >= 15 is 0 Å². The van der Waals surface area contributed by atoms with Gasteiger partial charge in [0.1, 0.15) is 0 Å². The fraction of sp³-hybridized carbons (Fsp3) is 0.565. The van der Waals surface area contributed by atoms with E-state index in [1.54, 1.807) is 11.1 Å². The number of fused-ring (bicyclic) bond motifs is 5. The van der Waals surface area contributed by atoms with E-state index in [1.807, 2.05) is 13.0 Å². The summed E-state index contributed by atoms with van der Waals surface area (Å²) in [6.45, 7) is 8.49. The van der Waals surface area contributed by atoms with E-state index in [0.29, 0.717) is 5.41 Å². The van der Waals surface area contributed by atoms with Gasteiger partial charge >= 0.3 is 0 Å². The Balaban J connectivity index is 1.76. The molecule has 0 heterocycles. The van der Waals surface area contributed by atoms with E-state index in [9.17, 15) is 0 Å². The van der Waals surface area contributed by atoms with Crippen LogP contribution in [0.4, 0.5) is 0 Å². The van der Waals surface area contributed by atoms with Crippen molar-refractivity contribution in [1.29, 1.82) is 0 Å². The average molecular weight is 304 g/mol. The summed E-state index contributed by atoms with van der Waals surface area (Å²) in [5.74, 6) is 9.06. The summed E-state index contributed by atoms with van der Waals surface area (Å²) in [5, 5.41) is 0. The predicted molar refractivity (Wildman–Crippen MR) is 98.3 cm³/mol. The molecule has 3 aliphatic rings. The van der Waals surface area contributed by atoms with E-state index in [0.717, 1.165) is 17.8 Å². The van der Waals surface area contributed by atoms with Crippen molar-refractivity contribution < 1.29 is 0 Å². The van der Waals surface area contributed by atoms with Crippen LogP contribution in [0.3, 0.4) is 0 Å². The van der Waals surface area contributed by atoms with Gasteiger partial charge < -0.3 is 0 Å². The van der Waals surface area contributed by atoms with Crippen molar-refractivity contribution in [2.24, 2.45) is 17.3 Å². The van der Waals surface area contributed by atoms with Crippen LogP contribution in [-0.2, 0) is 6.42 Å². The van der Waals surface area contributed by atoms with Crippen LogP contribution >= 0.6 is 0 Å². The van der Waals surface area contributed by atoms with Gasteiger partial charge in [0.25, 0.3) is 0 Å². The van der Waals surface area contributed by atoms with Crippen LogP contribution in [0.2, 0.25) is 0 Å². The zero-order valence-electron chi connectivity index (χ0n) is 14.6. The number of benzene rings is 1. The molecular weight excluding hydrogens is 276 g/mol. The quantitative estimate of drug-likeness (QED) is 0.563. The summed E-state index contributed by atoms with van der Waals surface area (Å²) in [5.41, 5.74) is 6.24. The molecule has 0 nitrogen and oxygen atoms in total. The van der Waals surface area contributed by atoms with Gasteiger partial charge in [0.2, 0.25) is 0 Å². The molecule has 0 heteroatoms. The van der Waals surface area contributed by atoms with Crippen LogP contribution < -0.4 is 0 Å². The largest absolute Gasteiger partial charge is 0.101 e. The highest BCUT2D eigenvalue weighted by atomic mass is 14.5. The Labute approximate surface area is 141 Å². The molecule has 23 heavy (non-hydrogen) atoms. The van der Waals surface area contributed by atoms with E-state index in [1.165, 1.54) is 56.1 Å². The third-order valence-corrected chi connectivity index (χ3v) is 7.16. The van der Waals surface area contributed by atoms with Crippen molar-refractivity contribution in [1.82, 2.24) is 0 Å². The first-order valence-electron chi connectivity index (χ1n) is 9.38. The van der Waals surface area contributed by atoms with Crippen molar-refractivity contribution in [2.45, 2.75) is 64.7 Å². The van der Waals surface area contributed by atoms with Crippen LogP contribution in [0.1, 0.15) is 80.5 Å². The lowest BCUT2D eigenvalue weighted by Crippen LogP contribution is -2.39. The second kappa shape index (κ2) is 5.55. The maximum Gasteiger partial charge on any atom is 0.0320 e. The Hall–Kier alpha value is -1.48. The van der Waals surface area contributed by atoms with Gasteiger partial charge in [0.05, 0.1) is 0 Å². The molecule has 0 saturated heterocycles. The standard InChI is InChI=1S/C23H28/c1-4-7-17-15-21-18(14-16(17)5-2)9-10-20-19(21)11-13-23(3)12-6-8-22(20)23/h5,14-15,19-20,22H,2,6,8-13H2,1,3H3/t19?,20?,22?,23-/m0/s1. The zero-order chi connectivity index (χ0) is 16.0. The monoisotopic (exact) mass is 304 g/mol. The molecule has 2 fully saturated rings. The minimum absolute atomic E-state index is 0.645. The lowest BCUT2D eigenvalue weighted by Gasteiger charge is -2.49. The molecule has 4 atom stereocenters. The molecule has 1 aromatic rings. The van der Waals surface area contributed by atoms with Crippen LogP contribution in [0, 0.1) is 29.1 Å². The minimum atomic E-state index is 0.645. The highest BCUT2D eigenvalue weighted by Gasteiger charge is 2.50. The molecule has 0 N–H and O–H groups in total. The first-order chi connectivity index (χ1) is 11.2. The van der Waals surface area contributed by atoms with Gasteiger partial charge in [-0.2, -0.15) is 0 Å². The highest BCUT2D eigenvalue weighted by molar-refractivity contribution is 5.61. The molecule has 0 spiro atoms. The lowest BCUT2D eigenvalue weighted by molar-refractivity contribution is 0.0598. The fourth-order valence-electron chi connectivity index (χ4n) is 6.05. The Morgan fingerprint density at radius 2 is 2.09 bits per heavy atom. The molecule has 1 aromatic carbocycles. The summed E-state index contributed by atoms with van der Waals surface area (Å²) in [6.07, 6.45) is 11.8. The van der Waals surface area contributed by atoms with Gasteiger partial charge in [-0.15, -0.1) is 5.92 Å². The van der Waals surface area contributed by atoms with E-state index < -0.39 is 0 Å². The maximum atomic E-state index is 3.99. The summed E-state index contributed by atoms with van der Waals surface area (Å²) >= 11 is 0. The molecule has 4 rings (SSSR count). The first kappa shape index (κ1) is 15.1. The summed E-state index contributed by atoms with van der Waals surface area (Å²) in [4.78, 5) is 0. The van der Waals surface area contributed by atoms with Crippen molar-refractivity contribution in [2.75, 3.05) is 0 Å². The van der Waals surface area contributed by atoms with Crippen LogP contribution in [0.15, 0.2) is 18.7 Å². The maximum absolute atomic E-state index is 3.99. The van der Waals surface area contributed by atoms with Gasteiger partial charge in [-0.3, -0.25) is 0 Å². The van der Waals surface area contributed by atoms with Crippen molar-refractivity contribution in [3.63, 3.8) is 0 Å². The summed E-state index contributed by atoms with van der Waals surface area (Å²) in [7, 11) is 0. The Kier molecular flexibility index (Phi) is 3.64. The normalized spacial score (nSPS) is 34.6. The second-order valence-electron chi connectivity index (χ2n) is 8.22. The van der Waals surface area contributed by atoms with Gasteiger partial charge in [0, 0.05) is 5.56 Å². The average Bonchev–Trinajstić information content (AvgIpc) is 2.96. The third-order valence-electron chi connectivity index (χ3n) is 7.16. The molecule has 0 aliphatic heterocycles. The zero-order valence-corrected chi connectivity index (χ0v) is 14.6. The van der Waals surface area contributed by atoms with Crippen molar-refractivity contribution >= 4 is 6.08 Å². The smallest absolute Gasteiger partial charge is 0.0320 e. The van der Waals surface area contributed by atoms with Gasteiger partial charge in [0.15, 0.2) is 0 Å². The fourth-order valence-corrected chi connectivity index (χ4v) is 6.05. The van der Waals surface area contributed by atoms with E-state index in [2.05, 4.69) is 37.5 Å². The lowest BCUT2D eigenvalue weighted by atomic mass is 9.55. The molecule has 0 aromatic heterocycles. The van der Waals surface area contributed by atoms with Crippen LogP contribution in [0.5, 0.6) is 0 Å². The minimum Gasteiger partial charge on any atom is -0.101 e. The highest BCUT2D eigenvalue weighted by Crippen LogP contribution is 2.60. The van der Waals surface area contributed by atoms with E-state index in [-0.39, 0.29) is 0 Å². The van der Waals surface area contributed by atoms with Gasteiger partial charge in [-0.05, 0) is 91.4 Å². The first-order valence-corrected chi connectivity index (χ1v) is 9.38. The molecule has 0 bridgehead atoms. The number of rotatable bonds is 1. The third kappa shape index (κ3) is 2.28. The SMILES string of the molecule is C=Cc1cc2c(cc1C#CC)C1CC[C@]3(C)CCCC3C1CC2. The van der Waals surface area contributed by atoms with E-state index in [4.69, 9.17) is 0 Å². The predicted octanol–water partition coefficient (Wildman–Crippen LogP) is 5.95. The van der Waals surface area contributed by atoms with Gasteiger partial charge in [-0.25, -0.2) is 0 Å². The Bertz CT molecular complexity index is 699. The Morgan fingerprint density at radius 1 is 1.22 bits per heavy atom. The Morgan fingerprint density at radius 3 is 2.87 bits per heavy atom. The summed E-state index contributed by atoms with van der Waals surface area (Å²) in [6, 6.07) is 4.79. The summed E-state index contributed by atoms with van der Waals surface area (Å²) < 4.78 is 0. The number of aryl methyl sites for hydroxylation is 1. The molecule has 3 aliphatic carbocycles. The molecule has 3 unspecified atom stereocenters. The molecule has 0 radical (unpaired) electrons. The molecular formula is C23H28. The van der Waals surface area contributed by atoms with Crippen LogP contribution in [0.25, 0.3) is 6.08 Å². The topological polar surface area (TPSA) is 0 Å². The van der Waals surface area contributed by atoms with Crippen molar-refractivity contribution in [3.8, 4) is 11.8 Å².